The number of rotatable bonds is 3. The van der Waals surface area contributed by atoms with Gasteiger partial charge >= 0.3 is 5.69 Å². The number of anilines is 1. The standard InChI is InChI=1S/C10H15N3O5/c1-17-8-7(15)5(4-14)18-9(8)13-3-2-6(11)12-10(13)16/h2-3,5,7-9,14-15H,4H2,1H3,(H2,11,12,16)/t5-,7+,8-,9-/m1/s1. The zero-order valence-corrected chi connectivity index (χ0v) is 9.76. The van der Waals surface area contributed by atoms with Crippen molar-refractivity contribution in [2.24, 2.45) is 0 Å². The van der Waals surface area contributed by atoms with Crippen molar-refractivity contribution >= 4 is 5.82 Å². The lowest BCUT2D eigenvalue weighted by atomic mass is 10.1. The van der Waals surface area contributed by atoms with E-state index >= 15 is 0 Å². The maximum Gasteiger partial charge on any atom is 0.351 e. The van der Waals surface area contributed by atoms with Crippen molar-refractivity contribution in [1.82, 2.24) is 9.55 Å². The number of hydrogen-bond donors (Lipinski definition) is 3. The number of aromatic nitrogens is 2. The van der Waals surface area contributed by atoms with Gasteiger partial charge in [-0.15, -0.1) is 0 Å². The number of nitrogens with zero attached hydrogens (tertiary/aromatic N) is 2. The number of aliphatic hydroxyl groups is 2. The normalized spacial score (nSPS) is 31.7. The van der Waals surface area contributed by atoms with E-state index < -0.39 is 30.2 Å². The van der Waals surface area contributed by atoms with Crippen LogP contribution < -0.4 is 11.4 Å². The molecule has 2 heterocycles. The first-order valence-corrected chi connectivity index (χ1v) is 5.40. The first-order chi connectivity index (χ1) is 8.58. The van der Waals surface area contributed by atoms with Crippen LogP contribution in [0.2, 0.25) is 0 Å². The highest BCUT2D eigenvalue weighted by molar-refractivity contribution is 5.23. The number of aliphatic hydroxyl groups excluding tert-OH is 2. The van der Waals surface area contributed by atoms with Crippen molar-refractivity contribution < 1.29 is 19.7 Å². The molecule has 2 rings (SSSR count). The summed E-state index contributed by atoms with van der Waals surface area (Å²) in [5, 5.41) is 18.9. The molecule has 1 saturated heterocycles. The van der Waals surface area contributed by atoms with Crippen molar-refractivity contribution in [1.29, 1.82) is 0 Å². The predicted molar refractivity (Wildman–Crippen MR) is 60.7 cm³/mol. The number of hydrogen-bond acceptors (Lipinski definition) is 7. The van der Waals surface area contributed by atoms with Gasteiger partial charge in [0.1, 0.15) is 24.1 Å². The molecule has 8 heteroatoms. The van der Waals surface area contributed by atoms with Crippen LogP contribution in [0, 0.1) is 0 Å². The van der Waals surface area contributed by atoms with Crippen LogP contribution in [0.5, 0.6) is 0 Å². The highest BCUT2D eigenvalue weighted by Gasteiger charge is 2.45. The van der Waals surface area contributed by atoms with Gasteiger partial charge in [0.2, 0.25) is 0 Å². The molecule has 1 aliphatic heterocycles. The second-order valence-corrected chi connectivity index (χ2v) is 3.98. The molecule has 1 aliphatic rings. The second kappa shape index (κ2) is 5.02. The van der Waals surface area contributed by atoms with Crippen molar-refractivity contribution in [3.63, 3.8) is 0 Å². The molecule has 1 aromatic heterocycles. The molecule has 4 N–H and O–H groups in total. The smallest absolute Gasteiger partial charge is 0.351 e. The van der Waals surface area contributed by atoms with E-state index in [4.69, 9.17) is 20.3 Å². The zero-order valence-electron chi connectivity index (χ0n) is 9.76. The molecule has 0 spiro atoms. The lowest BCUT2D eigenvalue weighted by molar-refractivity contribution is -0.0624. The molecule has 4 atom stereocenters. The summed E-state index contributed by atoms with van der Waals surface area (Å²) in [6.45, 7) is -0.366. The molecule has 0 amide bonds. The Bertz CT molecular complexity index is 477. The van der Waals surface area contributed by atoms with Gasteiger partial charge in [0, 0.05) is 13.3 Å². The minimum atomic E-state index is -1.02. The maximum absolute atomic E-state index is 11.7. The molecule has 1 aromatic rings. The van der Waals surface area contributed by atoms with Crippen molar-refractivity contribution in [3.05, 3.63) is 22.7 Å². The Labute approximate surface area is 103 Å². The minimum absolute atomic E-state index is 0.0995. The summed E-state index contributed by atoms with van der Waals surface area (Å²) in [5.41, 5.74) is 4.78. The molecule has 18 heavy (non-hydrogen) atoms. The maximum atomic E-state index is 11.7. The van der Waals surface area contributed by atoms with E-state index in [1.807, 2.05) is 0 Å². The van der Waals surface area contributed by atoms with Crippen LogP contribution in [0.4, 0.5) is 5.82 Å². The monoisotopic (exact) mass is 257 g/mol. The molecule has 0 aromatic carbocycles. The van der Waals surface area contributed by atoms with Crippen molar-refractivity contribution in [2.75, 3.05) is 19.5 Å². The summed E-state index contributed by atoms with van der Waals surface area (Å²) >= 11 is 0. The Morgan fingerprint density at radius 3 is 2.94 bits per heavy atom. The molecule has 0 unspecified atom stereocenters. The van der Waals surface area contributed by atoms with Gasteiger partial charge in [-0.25, -0.2) is 4.79 Å². The van der Waals surface area contributed by atoms with E-state index in [9.17, 15) is 9.90 Å². The van der Waals surface area contributed by atoms with E-state index in [1.54, 1.807) is 0 Å². The Hall–Kier alpha value is -1.48. The van der Waals surface area contributed by atoms with Crippen LogP contribution in [-0.4, -0.2) is 51.8 Å². The summed E-state index contributed by atoms with van der Waals surface area (Å²) in [7, 11) is 1.39. The molecule has 0 saturated carbocycles. The van der Waals surface area contributed by atoms with Gasteiger partial charge in [0.25, 0.3) is 0 Å². The van der Waals surface area contributed by atoms with Crippen LogP contribution in [0.1, 0.15) is 6.23 Å². The first kappa shape index (κ1) is 13.0. The number of nitrogens with two attached hydrogens (primary N) is 1. The average molecular weight is 257 g/mol. The van der Waals surface area contributed by atoms with Crippen molar-refractivity contribution in [3.8, 4) is 0 Å². The van der Waals surface area contributed by atoms with Gasteiger partial charge < -0.3 is 25.4 Å². The fourth-order valence-electron chi connectivity index (χ4n) is 1.97. The quantitative estimate of drug-likeness (QED) is 0.578. The molecular weight excluding hydrogens is 242 g/mol. The van der Waals surface area contributed by atoms with E-state index in [-0.39, 0.29) is 12.4 Å². The fourth-order valence-corrected chi connectivity index (χ4v) is 1.97. The number of nitrogen functional groups attached to an aromatic ring is 1. The van der Waals surface area contributed by atoms with Gasteiger partial charge in [0.15, 0.2) is 6.23 Å². The summed E-state index contributed by atoms with van der Waals surface area (Å²) in [6, 6.07) is 1.44. The third-order valence-electron chi connectivity index (χ3n) is 2.89. The fraction of sp³-hybridized carbons (Fsp3) is 0.600. The topological polar surface area (TPSA) is 120 Å². The molecule has 0 aliphatic carbocycles. The van der Waals surface area contributed by atoms with Crippen LogP contribution in [0.15, 0.2) is 17.1 Å². The van der Waals surface area contributed by atoms with Crippen LogP contribution in [0.25, 0.3) is 0 Å². The van der Waals surface area contributed by atoms with Gasteiger partial charge in [-0.3, -0.25) is 4.57 Å². The van der Waals surface area contributed by atoms with E-state index in [1.165, 1.54) is 23.9 Å². The summed E-state index contributed by atoms with van der Waals surface area (Å²) in [6.07, 6.45) is -2.01. The zero-order chi connectivity index (χ0) is 13.3. The largest absolute Gasteiger partial charge is 0.394 e. The molecule has 0 bridgehead atoms. The lowest BCUT2D eigenvalue weighted by Gasteiger charge is -2.20. The Morgan fingerprint density at radius 1 is 1.67 bits per heavy atom. The highest BCUT2D eigenvalue weighted by atomic mass is 16.6. The molecular formula is C10H15N3O5. The van der Waals surface area contributed by atoms with Gasteiger partial charge in [-0.1, -0.05) is 0 Å². The third-order valence-corrected chi connectivity index (χ3v) is 2.89. The first-order valence-electron chi connectivity index (χ1n) is 5.40. The minimum Gasteiger partial charge on any atom is -0.394 e. The van der Waals surface area contributed by atoms with E-state index in [2.05, 4.69) is 4.98 Å². The Morgan fingerprint density at radius 2 is 2.39 bits per heavy atom. The number of methoxy groups -OCH3 is 1. The lowest BCUT2D eigenvalue weighted by Crippen LogP contribution is -2.37. The van der Waals surface area contributed by atoms with E-state index in [0.29, 0.717) is 0 Å². The predicted octanol–water partition coefficient (Wildman–Crippen LogP) is -1.91. The van der Waals surface area contributed by atoms with Crippen LogP contribution in [0.3, 0.4) is 0 Å². The molecule has 8 nitrogen and oxygen atoms in total. The van der Waals surface area contributed by atoms with Crippen LogP contribution >= 0.6 is 0 Å². The van der Waals surface area contributed by atoms with E-state index in [0.717, 1.165) is 0 Å². The second-order valence-electron chi connectivity index (χ2n) is 3.98. The number of ether oxygens (including phenoxy) is 2. The Kier molecular flexibility index (Phi) is 3.62. The summed E-state index contributed by atoms with van der Waals surface area (Å²) in [4.78, 5) is 15.3. The molecule has 0 radical (unpaired) electrons. The van der Waals surface area contributed by atoms with Gasteiger partial charge in [-0.2, -0.15) is 4.98 Å². The van der Waals surface area contributed by atoms with Crippen molar-refractivity contribution in [2.45, 2.75) is 24.5 Å². The molecule has 1 fully saturated rings. The molecule has 100 valence electrons. The average Bonchev–Trinajstić information content (AvgIpc) is 2.65. The highest BCUT2D eigenvalue weighted by Crippen LogP contribution is 2.30. The van der Waals surface area contributed by atoms with Gasteiger partial charge in [0.05, 0.1) is 6.61 Å². The van der Waals surface area contributed by atoms with Gasteiger partial charge in [-0.05, 0) is 6.07 Å². The Balaban J connectivity index is 2.35. The van der Waals surface area contributed by atoms with Crippen LogP contribution in [-0.2, 0) is 9.47 Å². The SMILES string of the molecule is CO[C@@H]1[C@@H](O)[C@@H](CO)O[C@H]1n1ccc(N)nc1=O. The summed E-state index contributed by atoms with van der Waals surface area (Å²) < 4.78 is 11.7. The summed E-state index contributed by atoms with van der Waals surface area (Å²) in [5.74, 6) is 0.0995. The third kappa shape index (κ3) is 2.10.